The lowest BCUT2D eigenvalue weighted by Crippen LogP contribution is -2.47. The smallest absolute Gasteiger partial charge is 0.333 e. The highest BCUT2D eigenvalue weighted by molar-refractivity contribution is 5.87. The van der Waals surface area contributed by atoms with Crippen LogP contribution < -0.4 is 0 Å². The Morgan fingerprint density at radius 1 is 0.574 bits per heavy atom. The topological polar surface area (TPSA) is 167 Å². The molecule has 0 bridgehead atoms. The molecule has 0 aromatic rings. The number of ether oxygens (including phenoxy) is 7. The van der Waals surface area contributed by atoms with Crippen LogP contribution in [0, 0.1) is 0 Å². The lowest BCUT2D eigenvalue weighted by atomic mass is 10.0. The Hall–Kier alpha value is -4.00. The highest BCUT2D eigenvalue weighted by atomic mass is 16.6. The molecule has 0 saturated carbocycles. The van der Waals surface area contributed by atoms with Crippen molar-refractivity contribution >= 4 is 35.8 Å². The first kappa shape index (κ1) is 43.0. The van der Waals surface area contributed by atoms with E-state index in [2.05, 4.69) is 19.7 Å². The van der Waals surface area contributed by atoms with Crippen LogP contribution >= 0.6 is 0 Å². The standard InChI is InChI=1S/C33H48O13.CH4/c1-22(2)31(37)40-16-10-7-13-28(34)44-20-25-19-26(45-29(35)14-8-11-17-41-32(38)23(3)4)27(21-43-25)46-30(36)15-9-12-18-42-33(39)24(5)6;/h25-27H,1,3,5,7-21H2,2,4,6H3;1H4/t25?,26-,27+;/m0./s1. The third kappa shape index (κ3) is 20.0. The van der Waals surface area contributed by atoms with Crippen molar-refractivity contribution in [3.63, 3.8) is 0 Å². The summed E-state index contributed by atoms with van der Waals surface area (Å²) in [6, 6.07) is 0. The molecule has 0 aliphatic carbocycles. The van der Waals surface area contributed by atoms with Gasteiger partial charge in [-0.15, -0.1) is 0 Å². The minimum atomic E-state index is -0.872. The second-order valence-corrected chi connectivity index (χ2v) is 11.1. The normalized spacial score (nSPS) is 16.8. The van der Waals surface area contributed by atoms with Crippen LogP contribution in [-0.2, 0) is 61.9 Å². The second-order valence-electron chi connectivity index (χ2n) is 11.1. The quantitative estimate of drug-likeness (QED) is 0.0678. The van der Waals surface area contributed by atoms with Crippen molar-refractivity contribution < 1.29 is 61.9 Å². The maximum Gasteiger partial charge on any atom is 0.333 e. The van der Waals surface area contributed by atoms with E-state index in [0.717, 1.165) is 0 Å². The second kappa shape index (κ2) is 24.2. The summed E-state index contributed by atoms with van der Waals surface area (Å²) in [4.78, 5) is 71.7. The van der Waals surface area contributed by atoms with Gasteiger partial charge in [-0.3, -0.25) is 14.4 Å². The number of carbonyl (C=O) groups is 6. The predicted molar refractivity (Wildman–Crippen MR) is 171 cm³/mol. The van der Waals surface area contributed by atoms with Gasteiger partial charge in [0.2, 0.25) is 0 Å². The van der Waals surface area contributed by atoms with Crippen molar-refractivity contribution in [2.24, 2.45) is 0 Å². The molecule has 1 aliphatic rings. The van der Waals surface area contributed by atoms with E-state index in [1.807, 2.05) is 0 Å². The average molecular weight is 669 g/mol. The van der Waals surface area contributed by atoms with Crippen LogP contribution in [-0.4, -0.2) is 87.2 Å². The molecule has 1 heterocycles. The van der Waals surface area contributed by atoms with Crippen molar-refractivity contribution in [3.05, 3.63) is 36.5 Å². The molecule has 1 unspecified atom stereocenters. The minimum absolute atomic E-state index is 0. The van der Waals surface area contributed by atoms with Gasteiger partial charge in [0, 0.05) is 42.4 Å². The Morgan fingerprint density at radius 3 is 1.36 bits per heavy atom. The highest BCUT2D eigenvalue weighted by Gasteiger charge is 2.37. The Labute approximate surface area is 277 Å². The van der Waals surface area contributed by atoms with E-state index in [1.165, 1.54) is 0 Å². The van der Waals surface area contributed by atoms with E-state index < -0.39 is 54.1 Å². The van der Waals surface area contributed by atoms with Crippen molar-refractivity contribution in [1.29, 1.82) is 0 Å². The van der Waals surface area contributed by atoms with E-state index in [9.17, 15) is 28.8 Å². The molecule has 13 heteroatoms. The van der Waals surface area contributed by atoms with E-state index in [1.54, 1.807) is 20.8 Å². The van der Waals surface area contributed by atoms with E-state index in [-0.39, 0.29) is 77.3 Å². The largest absolute Gasteiger partial charge is 0.463 e. The summed E-state index contributed by atoms with van der Waals surface area (Å²) in [6.45, 7) is 15.4. The summed E-state index contributed by atoms with van der Waals surface area (Å²) in [7, 11) is 0. The summed E-state index contributed by atoms with van der Waals surface area (Å²) < 4.78 is 37.3. The fraction of sp³-hybridized carbons (Fsp3) is 0.647. The fourth-order valence-electron chi connectivity index (χ4n) is 3.86. The van der Waals surface area contributed by atoms with Gasteiger partial charge in [-0.2, -0.15) is 0 Å². The molecule has 266 valence electrons. The molecule has 3 atom stereocenters. The number of rotatable bonds is 22. The Morgan fingerprint density at radius 2 is 0.957 bits per heavy atom. The predicted octanol–water partition coefficient (Wildman–Crippen LogP) is 4.65. The van der Waals surface area contributed by atoms with Gasteiger partial charge < -0.3 is 33.2 Å². The molecule has 47 heavy (non-hydrogen) atoms. The molecule has 1 rings (SSSR count). The Kier molecular flexibility index (Phi) is 22.2. The van der Waals surface area contributed by atoms with Gasteiger partial charge in [0.1, 0.15) is 12.7 Å². The summed E-state index contributed by atoms with van der Waals surface area (Å²) >= 11 is 0. The summed E-state index contributed by atoms with van der Waals surface area (Å²) in [6.07, 6.45) is 0.666. The zero-order valence-corrected chi connectivity index (χ0v) is 27.3. The lowest BCUT2D eigenvalue weighted by molar-refractivity contribution is -0.194. The van der Waals surface area contributed by atoms with Gasteiger partial charge in [-0.1, -0.05) is 27.2 Å². The monoisotopic (exact) mass is 668 g/mol. The Balaban J connectivity index is 0.0000212. The molecule has 0 radical (unpaired) electrons. The molecule has 0 aromatic heterocycles. The van der Waals surface area contributed by atoms with Gasteiger partial charge >= 0.3 is 35.8 Å². The van der Waals surface area contributed by atoms with E-state index in [4.69, 9.17) is 33.2 Å². The number of hydrogen-bond donors (Lipinski definition) is 0. The van der Waals surface area contributed by atoms with Crippen LogP contribution in [0.1, 0.15) is 92.4 Å². The molecule has 0 spiro atoms. The minimum Gasteiger partial charge on any atom is -0.463 e. The average Bonchev–Trinajstić information content (AvgIpc) is 2.99. The van der Waals surface area contributed by atoms with Gasteiger partial charge in [0.05, 0.1) is 32.5 Å². The first-order valence-corrected chi connectivity index (χ1v) is 15.4. The molecule has 0 aromatic carbocycles. The zero-order chi connectivity index (χ0) is 34.5. The first-order valence-electron chi connectivity index (χ1n) is 15.4. The van der Waals surface area contributed by atoms with Crippen molar-refractivity contribution in [2.75, 3.05) is 33.0 Å². The van der Waals surface area contributed by atoms with Crippen molar-refractivity contribution in [1.82, 2.24) is 0 Å². The molecule has 13 nitrogen and oxygen atoms in total. The fourth-order valence-corrected chi connectivity index (χ4v) is 3.86. The molecule has 0 N–H and O–H groups in total. The number of hydrogen-bond acceptors (Lipinski definition) is 13. The maximum atomic E-state index is 12.6. The van der Waals surface area contributed by atoms with Gasteiger partial charge in [0.15, 0.2) is 6.10 Å². The van der Waals surface area contributed by atoms with Crippen LogP contribution in [0.3, 0.4) is 0 Å². The van der Waals surface area contributed by atoms with Crippen LogP contribution in [0.2, 0.25) is 0 Å². The lowest BCUT2D eigenvalue weighted by Gasteiger charge is -2.35. The van der Waals surface area contributed by atoms with E-state index >= 15 is 0 Å². The van der Waals surface area contributed by atoms with Crippen molar-refractivity contribution in [3.8, 4) is 0 Å². The van der Waals surface area contributed by atoms with Crippen LogP contribution in [0.4, 0.5) is 0 Å². The van der Waals surface area contributed by atoms with Gasteiger partial charge in [-0.05, 0) is 59.3 Å². The summed E-state index contributed by atoms with van der Waals surface area (Å²) in [5, 5.41) is 0. The molecule has 1 saturated heterocycles. The number of unbranched alkanes of at least 4 members (excludes halogenated alkanes) is 3. The zero-order valence-electron chi connectivity index (χ0n) is 27.3. The van der Waals surface area contributed by atoms with Gasteiger partial charge in [-0.25, -0.2) is 14.4 Å². The SMILES string of the molecule is C.C=C(C)C(=O)OCCCCC(=O)OCC1C[C@H](OC(=O)CCCCOC(=O)C(=C)C)[C@H](OC(=O)CCCCOC(=O)C(=C)C)CO1. The van der Waals surface area contributed by atoms with Crippen molar-refractivity contribution in [2.45, 2.75) is 111 Å². The summed E-state index contributed by atoms with van der Waals surface area (Å²) in [5.74, 6) is -3.00. The van der Waals surface area contributed by atoms with Crippen LogP contribution in [0.15, 0.2) is 36.5 Å². The molecule has 0 amide bonds. The van der Waals surface area contributed by atoms with E-state index in [0.29, 0.717) is 44.1 Å². The number of carbonyl (C=O) groups excluding carboxylic acids is 6. The molecular formula is C34H52O13. The van der Waals surface area contributed by atoms with Gasteiger partial charge in [0.25, 0.3) is 0 Å². The van der Waals surface area contributed by atoms with Crippen LogP contribution in [0.5, 0.6) is 0 Å². The molecule has 1 fully saturated rings. The third-order valence-corrected chi connectivity index (χ3v) is 6.47. The summed E-state index contributed by atoms with van der Waals surface area (Å²) in [5.41, 5.74) is 0.872. The van der Waals surface area contributed by atoms with Crippen LogP contribution in [0.25, 0.3) is 0 Å². The third-order valence-electron chi connectivity index (χ3n) is 6.47. The Bertz CT molecular complexity index is 1090. The number of esters is 6. The maximum absolute atomic E-state index is 12.6. The highest BCUT2D eigenvalue weighted by Crippen LogP contribution is 2.22. The first-order chi connectivity index (χ1) is 21.8. The molecule has 1 aliphatic heterocycles. The molecular weight excluding hydrogens is 616 g/mol.